The normalized spacial score (nSPS) is 17.2. The first kappa shape index (κ1) is 17.0. The zero-order valence-electron chi connectivity index (χ0n) is 14.9. The number of morpholine rings is 1. The number of rotatable bonds is 5. The summed E-state index contributed by atoms with van der Waals surface area (Å²) in [5, 5.41) is 3.40. The second-order valence-electron chi connectivity index (χ2n) is 6.65. The zero-order valence-corrected chi connectivity index (χ0v) is 14.9. The van der Waals surface area contributed by atoms with Crippen LogP contribution in [0.15, 0.2) is 42.6 Å². The molecule has 4 rings (SSSR count). The number of ether oxygens (including phenoxy) is 1. The highest BCUT2D eigenvalue weighted by molar-refractivity contribution is 6.06. The van der Waals surface area contributed by atoms with Crippen LogP contribution in [0.1, 0.15) is 16.1 Å². The van der Waals surface area contributed by atoms with Crippen LogP contribution in [0.2, 0.25) is 0 Å². The molecule has 0 aliphatic carbocycles. The van der Waals surface area contributed by atoms with Crippen molar-refractivity contribution in [2.45, 2.75) is 6.42 Å². The molecule has 1 aromatic carbocycles. The van der Waals surface area contributed by atoms with Crippen molar-refractivity contribution in [2.75, 3.05) is 56.2 Å². The number of nitrogens with zero attached hydrogens (tertiary/aromatic N) is 3. The summed E-state index contributed by atoms with van der Waals surface area (Å²) in [6, 6.07) is 11.8. The third-order valence-corrected chi connectivity index (χ3v) is 4.97. The Morgan fingerprint density at radius 1 is 1.15 bits per heavy atom. The number of benzene rings is 1. The minimum atomic E-state index is -0.0354. The number of pyridine rings is 1. The van der Waals surface area contributed by atoms with Crippen LogP contribution in [-0.2, 0) is 11.2 Å². The van der Waals surface area contributed by atoms with Crippen LogP contribution in [0, 0.1) is 0 Å². The van der Waals surface area contributed by atoms with E-state index in [1.165, 1.54) is 5.56 Å². The van der Waals surface area contributed by atoms with Gasteiger partial charge in [0, 0.05) is 50.3 Å². The molecule has 1 amide bonds. The Labute approximate surface area is 153 Å². The summed E-state index contributed by atoms with van der Waals surface area (Å²) >= 11 is 0. The van der Waals surface area contributed by atoms with E-state index in [1.54, 1.807) is 6.20 Å². The van der Waals surface area contributed by atoms with Crippen molar-refractivity contribution in [1.82, 2.24) is 9.88 Å². The number of nitrogens with one attached hydrogen (secondary N) is 1. The van der Waals surface area contributed by atoms with Gasteiger partial charge in [-0.25, -0.2) is 0 Å². The van der Waals surface area contributed by atoms with Gasteiger partial charge in [0.1, 0.15) is 5.69 Å². The second kappa shape index (κ2) is 7.85. The molecule has 136 valence electrons. The van der Waals surface area contributed by atoms with Crippen LogP contribution in [0.4, 0.5) is 11.4 Å². The SMILES string of the molecule is O=C(c1cc(NCCN2CCOCC2)ccn1)N1CCc2ccccc21. The maximum Gasteiger partial charge on any atom is 0.276 e. The molecule has 6 nitrogen and oxygen atoms in total. The van der Waals surface area contributed by atoms with E-state index in [-0.39, 0.29) is 5.91 Å². The number of para-hydroxylation sites is 1. The molecule has 0 atom stereocenters. The van der Waals surface area contributed by atoms with Crippen molar-refractivity contribution in [3.63, 3.8) is 0 Å². The number of carbonyl (C=O) groups is 1. The minimum Gasteiger partial charge on any atom is -0.384 e. The summed E-state index contributed by atoms with van der Waals surface area (Å²) in [4.78, 5) is 21.4. The average Bonchev–Trinajstić information content (AvgIpc) is 3.13. The standard InChI is InChI=1S/C20H24N4O2/c25-20(24-9-6-16-3-1-2-4-19(16)24)18-15-17(5-7-22-18)21-8-10-23-11-13-26-14-12-23/h1-5,7,15H,6,8-14H2,(H,21,22). The van der Waals surface area contributed by atoms with E-state index in [0.717, 1.165) is 57.2 Å². The fraction of sp³-hybridized carbons (Fsp3) is 0.400. The Bertz CT molecular complexity index is 774. The lowest BCUT2D eigenvalue weighted by atomic mass is 10.2. The molecule has 0 unspecified atom stereocenters. The van der Waals surface area contributed by atoms with Gasteiger partial charge in [0.05, 0.1) is 13.2 Å². The van der Waals surface area contributed by atoms with Gasteiger partial charge in [0.15, 0.2) is 0 Å². The Hall–Kier alpha value is -2.44. The lowest BCUT2D eigenvalue weighted by Gasteiger charge is -2.26. The molecule has 1 saturated heterocycles. The summed E-state index contributed by atoms with van der Waals surface area (Å²) < 4.78 is 5.37. The monoisotopic (exact) mass is 352 g/mol. The van der Waals surface area contributed by atoms with E-state index < -0.39 is 0 Å². The lowest BCUT2D eigenvalue weighted by molar-refractivity contribution is 0.0398. The van der Waals surface area contributed by atoms with Gasteiger partial charge in [-0.2, -0.15) is 0 Å². The van der Waals surface area contributed by atoms with Crippen LogP contribution in [0.3, 0.4) is 0 Å². The van der Waals surface area contributed by atoms with Crippen molar-refractivity contribution in [1.29, 1.82) is 0 Å². The van der Waals surface area contributed by atoms with Crippen LogP contribution in [0.25, 0.3) is 0 Å². The average molecular weight is 352 g/mol. The largest absolute Gasteiger partial charge is 0.384 e. The maximum atomic E-state index is 12.9. The van der Waals surface area contributed by atoms with Gasteiger partial charge in [-0.3, -0.25) is 14.7 Å². The van der Waals surface area contributed by atoms with E-state index in [9.17, 15) is 4.79 Å². The Morgan fingerprint density at radius 2 is 2.00 bits per heavy atom. The number of anilines is 2. The second-order valence-corrected chi connectivity index (χ2v) is 6.65. The van der Waals surface area contributed by atoms with E-state index in [1.807, 2.05) is 35.2 Å². The van der Waals surface area contributed by atoms with Gasteiger partial charge in [0.2, 0.25) is 0 Å². The van der Waals surface area contributed by atoms with Crippen LogP contribution >= 0.6 is 0 Å². The highest BCUT2D eigenvalue weighted by Gasteiger charge is 2.26. The Morgan fingerprint density at radius 3 is 2.88 bits per heavy atom. The highest BCUT2D eigenvalue weighted by Crippen LogP contribution is 2.28. The lowest BCUT2D eigenvalue weighted by Crippen LogP contribution is -2.39. The van der Waals surface area contributed by atoms with Crippen LogP contribution < -0.4 is 10.2 Å². The van der Waals surface area contributed by atoms with Gasteiger partial charge < -0.3 is 15.0 Å². The van der Waals surface area contributed by atoms with Gasteiger partial charge in [-0.05, 0) is 30.2 Å². The number of amides is 1. The molecule has 1 aromatic heterocycles. The minimum absolute atomic E-state index is 0.0354. The smallest absolute Gasteiger partial charge is 0.276 e. The predicted molar refractivity (Wildman–Crippen MR) is 102 cm³/mol. The fourth-order valence-corrected chi connectivity index (χ4v) is 3.53. The number of aromatic nitrogens is 1. The molecule has 0 radical (unpaired) electrons. The summed E-state index contributed by atoms with van der Waals surface area (Å²) in [5.74, 6) is -0.0354. The molecule has 0 bridgehead atoms. The molecule has 26 heavy (non-hydrogen) atoms. The first-order valence-electron chi connectivity index (χ1n) is 9.21. The highest BCUT2D eigenvalue weighted by atomic mass is 16.5. The Kier molecular flexibility index (Phi) is 5.13. The number of carbonyl (C=O) groups excluding carboxylic acids is 1. The number of hydrogen-bond acceptors (Lipinski definition) is 5. The van der Waals surface area contributed by atoms with Crippen LogP contribution in [0.5, 0.6) is 0 Å². The summed E-state index contributed by atoms with van der Waals surface area (Å²) in [6.45, 7) is 6.11. The third-order valence-electron chi connectivity index (χ3n) is 4.97. The molecule has 1 fully saturated rings. The first-order valence-corrected chi connectivity index (χ1v) is 9.21. The molecular weight excluding hydrogens is 328 g/mol. The van der Waals surface area contributed by atoms with Gasteiger partial charge in [0.25, 0.3) is 5.91 Å². The number of hydrogen-bond donors (Lipinski definition) is 1. The zero-order chi connectivity index (χ0) is 17.8. The van der Waals surface area contributed by atoms with Gasteiger partial charge >= 0.3 is 0 Å². The molecular formula is C20H24N4O2. The van der Waals surface area contributed by atoms with E-state index in [2.05, 4.69) is 21.3 Å². The molecule has 3 heterocycles. The fourth-order valence-electron chi connectivity index (χ4n) is 3.53. The van der Waals surface area contributed by atoms with E-state index in [0.29, 0.717) is 12.2 Å². The number of fused-ring (bicyclic) bond motifs is 1. The van der Waals surface area contributed by atoms with E-state index >= 15 is 0 Å². The van der Waals surface area contributed by atoms with E-state index in [4.69, 9.17) is 4.74 Å². The molecule has 1 N–H and O–H groups in total. The van der Waals surface area contributed by atoms with Crippen molar-refractivity contribution in [3.8, 4) is 0 Å². The summed E-state index contributed by atoms with van der Waals surface area (Å²) in [5.41, 5.74) is 3.65. The van der Waals surface area contributed by atoms with Gasteiger partial charge in [-0.15, -0.1) is 0 Å². The van der Waals surface area contributed by atoms with Crippen molar-refractivity contribution in [3.05, 3.63) is 53.9 Å². The Balaban J connectivity index is 1.38. The molecule has 0 saturated carbocycles. The molecule has 2 aliphatic heterocycles. The van der Waals surface area contributed by atoms with Gasteiger partial charge in [-0.1, -0.05) is 18.2 Å². The topological polar surface area (TPSA) is 57.7 Å². The molecule has 6 heteroatoms. The van der Waals surface area contributed by atoms with Crippen molar-refractivity contribution < 1.29 is 9.53 Å². The molecule has 2 aliphatic rings. The molecule has 2 aromatic rings. The quantitative estimate of drug-likeness (QED) is 0.892. The van der Waals surface area contributed by atoms with Crippen molar-refractivity contribution in [2.24, 2.45) is 0 Å². The van der Waals surface area contributed by atoms with Crippen molar-refractivity contribution >= 4 is 17.3 Å². The molecule has 0 spiro atoms. The summed E-state index contributed by atoms with van der Waals surface area (Å²) in [6.07, 6.45) is 2.60. The third kappa shape index (κ3) is 3.71. The van der Waals surface area contributed by atoms with Crippen LogP contribution in [-0.4, -0.2) is 61.7 Å². The predicted octanol–water partition coefficient (Wildman–Crippen LogP) is 2.03. The first-order chi connectivity index (χ1) is 12.8. The maximum absolute atomic E-state index is 12.9. The summed E-state index contributed by atoms with van der Waals surface area (Å²) in [7, 11) is 0.